The molecule has 0 aliphatic carbocycles. The Kier molecular flexibility index (Phi) is 3.74. The van der Waals surface area contributed by atoms with Crippen molar-refractivity contribution in [1.82, 2.24) is 20.2 Å². The first-order valence-electron chi connectivity index (χ1n) is 7.63. The van der Waals surface area contributed by atoms with E-state index >= 15 is 0 Å². The second-order valence-electron chi connectivity index (χ2n) is 5.58. The van der Waals surface area contributed by atoms with E-state index in [0.717, 1.165) is 17.7 Å². The van der Waals surface area contributed by atoms with Gasteiger partial charge in [-0.3, -0.25) is 4.79 Å². The number of carbonyl (C=O) groups excluding carboxylic acids is 1. The lowest BCUT2D eigenvalue weighted by molar-refractivity contribution is -0.119. The van der Waals surface area contributed by atoms with Crippen molar-refractivity contribution in [2.45, 2.75) is 13.0 Å². The molecule has 0 bridgehead atoms. The molecule has 6 nitrogen and oxygen atoms in total. The third-order valence-electron chi connectivity index (χ3n) is 4.00. The lowest BCUT2D eigenvalue weighted by atomic mass is 10.2. The van der Waals surface area contributed by atoms with Gasteiger partial charge in [-0.1, -0.05) is 41.9 Å². The average Bonchev–Trinajstić information content (AvgIpc) is 3.21. The van der Waals surface area contributed by atoms with E-state index in [9.17, 15) is 4.79 Å². The molecule has 120 valence electrons. The van der Waals surface area contributed by atoms with Crippen molar-refractivity contribution in [2.75, 3.05) is 11.4 Å². The highest BCUT2D eigenvalue weighted by Crippen LogP contribution is 2.27. The van der Waals surface area contributed by atoms with E-state index in [1.807, 2.05) is 36.4 Å². The van der Waals surface area contributed by atoms with E-state index in [4.69, 9.17) is 11.6 Å². The molecule has 0 saturated carbocycles. The molecule has 0 saturated heterocycles. The molecule has 0 atom stereocenters. The van der Waals surface area contributed by atoms with Crippen LogP contribution < -0.4 is 4.90 Å². The molecule has 4 rings (SSSR count). The summed E-state index contributed by atoms with van der Waals surface area (Å²) in [4.78, 5) is 15.6. The first kappa shape index (κ1) is 14.8. The van der Waals surface area contributed by atoms with E-state index in [0.29, 0.717) is 17.4 Å². The number of anilines is 1. The molecule has 0 radical (unpaired) electrons. The van der Waals surface area contributed by atoms with Gasteiger partial charge in [-0.05, 0) is 35.4 Å². The van der Waals surface area contributed by atoms with E-state index < -0.39 is 0 Å². The van der Waals surface area contributed by atoms with Gasteiger partial charge in [0.25, 0.3) is 5.91 Å². The van der Waals surface area contributed by atoms with E-state index in [1.54, 1.807) is 17.0 Å². The molecule has 7 heteroatoms. The molecule has 0 N–H and O–H groups in total. The predicted octanol–water partition coefficient (Wildman–Crippen LogP) is 2.58. The van der Waals surface area contributed by atoms with Crippen molar-refractivity contribution >= 4 is 23.2 Å². The number of aromatic nitrogens is 4. The highest BCUT2D eigenvalue weighted by atomic mass is 35.5. The summed E-state index contributed by atoms with van der Waals surface area (Å²) in [6.45, 7) is 0.746. The van der Waals surface area contributed by atoms with Gasteiger partial charge in [0.05, 0.1) is 0 Å². The molecule has 2 aromatic carbocycles. The molecular formula is C17H14ClN5O. The Labute approximate surface area is 143 Å². The number of carbonyl (C=O) groups is 1. The van der Waals surface area contributed by atoms with Crippen LogP contribution in [0.3, 0.4) is 0 Å². The predicted molar refractivity (Wildman–Crippen MR) is 90.8 cm³/mol. The van der Waals surface area contributed by atoms with Gasteiger partial charge in [-0.2, -0.15) is 4.80 Å². The molecular weight excluding hydrogens is 326 g/mol. The minimum absolute atomic E-state index is 0.0463. The normalized spacial score (nSPS) is 13.1. The minimum atomic E-state index is -0.0463. The van der Waals surface area contributed by atoms with Crippen molar-refractivity contribution in [1.29, 1.82) is 0 Å². The summed E-state index contributed by atoms with van der Waals surface area (Å²) < 4.78 is 0. The number of amides is 1. The zero-order valence-corrected chi connectivity index (χ0v) is 13.5. The lowest BCUT2D eigenvalue weighted by Crippen LogP contribution is -2.32. The van der Waals surface area contributed by atoms with Gasteiger partial charge in [0.2, 0.25) is 5.82 Å². The van der Waals surface area contributed by atoms with Crippen LogP contribution in [-0.4, -0.2) is 32.7 Å². The Morgan fingerprint density at radius 1 is 1.17 bits per heavy atom. The van der Waals surface area contributed by atoms with Crippen LogP contribution in [0.25, 0.3) is 11.4 Å². The van der Waals surface area contributed by atoms with Crippen molar-refractivity contribution in [2.24, 2.45) is 0 Å². The van der Waals surface area contributed by atoms with Gasteiger partial charge in [-0.25, -0.2) is 0 Å². The van der Waals surface area contributed by atoms with Crippen molar-refractivity contribution in [3.8, 4) is 11.4 Å². The third kappa shape index (κ3) is 2.76. The molecule has 1 aliphatic heterocycles. The number of halogens is 1. The van der Waals surface area contributed by atoms with Crippen LogP contribution in [-0.2, 0) is 17.8 Å². The topological polar surface area (TPSA) is 63.9 Å². The van der Waals surface area contributed by atoms with Crippen molar-refractivity contribution in [3.05, 3.63) is 59.1 Å². The Balaban J connectivity index is 1.52. The Hall–Kier alpha value is -2.73. The summed E-state index contributed by atoms with van der Waals surface area (Å²) in [6, 6.07) is 15.2. The Bertz CT molecular complexity index is 907. The fraction of sp³-hybridized carbons (Fsp3) is 0.176. The summed E-state index contributed by atoms with van der Waals surface area (Å²) in [7, 11) is 0. The van der Waals surface area contributed by atoms with Gasteiger partial charge < -0.3 is 4.90 Å². The van der Waals surface area contributed by atoms with Crippen LogP contribution >= 0.6 is 11.6 Å². The number of benzene rings is 2. The maximum absolute atomic E-state index is 12.6. The fourth-order valence-corrected chi connectivity index (χ4v) is 3.05. The second kappa shape index (κ2) is 6.05. The summed E-state index contributed by atoms with van der Waals surface area (Å²) in [6.07, 6.45) is 0.875. The number of nitrogens with zero attached hydrogens (tertiary/aromatic N) is 5. The van der Waals surface area contributed by atoms with E-state index in [-0.39, 0.29) is 12.5 Å². The maximum Gasteiger partial charge on any atom is 0.250 e. The zero-order chi connectivity index (χ0) is 16.5. The summed E-state index contributed by atoms with van der Waals surface area (Å²) in [5, 5.41) is 12.9. The largest absolute Gasteiger partial charge is 0.310 e. The van der Waals surface area contributed by atoms with Gasteiger partial charge >= 0.3 is 0 Å². The summed E-state index contributed by atoms with van der Waals surface area (Å²) in [5.41, 5.74) is 2.93. The third-order valence-corrected chi connectivity index (χ3v) is 4.24. The monoisotopic (exact) mass is 339 g/mol. The average molecular weight is 340 g/mol. The number of tetrazole rings is 1. The number of fused-ring (bicyclic) bond motifs is 1. The number of hydrogen-bond donors (Lipinski definition) is 0. The number of para-hydroxylation sites is 1. The first-order chi connectivity index (χ1) is 11.7. The lowest BCUT2D eigenvalue weighted by Gasteiger charge is -2.16. The molecule has 1 amide bonds. The van der Waals surface area contributed by atoms with Gasteiger partial charge in [0, 0.05) is 22.8 Å². The van der Waals surface area contributed by atoms with Gasteiger partial charge in [0.1, 0.15) is 6.54 Å². The van der Waals surface area contributed by atoms with Crippen LogP contribution in [0, 0.1) is 0 Å². The molecule has 24 heavy (non-hydrogen) atoms. The van der Waals surface area contributed by atoms with Crippen molar-refractivity contribution < 1.29 is 4.79 Å². The summed E-state index contributed by atoms with van der Waals surface area (Å²) >= 11 is 5.98. The minimum Gasteiger partial charge on any atom is -0.310 e. The Morgan fingerprint density at radius 2 is 2.04 bits per heavy atom. The summed E-state index contributed by atoms with van der Waals surface area (Å²) in [5.74, 6) is 0.405. The number of hydrogen-bond acceptors (Lipinski definition) is 4. The molecule has 2 heterocycles. The fourth-order valence-electron chi connectivity index (χ4n) is 2.86. The van der Waals surface area contributed by atoms with Gasteiger partial charge in [0.15, 0.2) is 0 Å². The molecule has 0 spiro atoms. The molecule has 1 aromatic heterocycles. The van der Waals surface area contributed by atoms with Crippen LogP contribution in [0.2, 0.25) is 5.02 Å². The standard InChI is InChI=1S/C17H14ClN5O/c18-14-6-3-5-13(10-14)17-19-21-23(20-17)11-16(24)22-9-8-12-4-1-2-7-15(12)22/h1-7,10H,8-9,11H2. The van der Waals surface area contributed by atoms with Crippen LogP contribution in [0.4, 0.5) is 5.69 Å². The van der Waals surface area contributed by atoms with E-state index in [1.165, 1.54) is 10.4 Å². The first-order valence-corrected chi connectivity index (χ1v) is 8.00. The quantitative estimate of drug-likeness (QED) is 0.735. The Morgan fingerprint density at radius 3 is 2.92 bits per heavy atom. The van der Waals surface area contributed by atoms with Crippen LogP contribution in [0.5, 0.6) is 0 Å². The highest BCUT2D eigenvalue weighted by Gasteiger charge is 2.24. The van der Waals surface area contributed by atoms with Crippen LogP contribution in [0.15, 0.2) is 48.5 Å². The SMILES string of the molecule is O=C(Cn1nnc(-c2cccc(Cl)c2)n1)N1CCc2ccccc21. The smallest absolute Gasteiger partial charge is 0.250 e. The molecule has 3 aromatic rings. The molecule has 0 fully saturated rings. The molecule has 1 aliphatic rings. The molecule has 0 unspecified atom stereocenters. The highest BCUT2D eigenvalue weighted by molar-refractivity contribution is 6.30. The second-order valence-corrected chi connectivity index (χ2v) is 6.01. The van der Waals surface area contributed by atoms with Crippen molar-refractivity contribution in [3.63, 3.8) is 0 Å². The zero-order valence-electron chi connectivity index (χ0n) is 12.8. The van der Waals surface area contributed by atoms with Crippen LogP contribution in [0.1, 0.15) is 5.56 Å². The van der Waals surface area contributed by atoms with E-state index in [2.05, 4.69) is 15.4 Å². The maximum atomic E-state index is 12.6. The number of rotatable bonds is 3. The van der Waals surface area contributed by atoms with Gasteiger partial charge in [-0.15, -0.1) is 10.2 Å².